The minimum absolute atomic E-state index is 0.0129. The van der Waals surface area contributed by atoms with Crippen LogP contribution >= 0.6 is 23.2 Å². The Morgan fingerprint density at radius 1 is 1.04 bits per heavy atom. The molecule has 0 heterocycles. The first-order valence-electron chi connectivity index (χ1n) is 6.33. The van der Waals surface area contributed by atoms with Crippen molar-refractivity contribution in [1.29, 1.82) is 0 Å². The van der Waals surface area contributed by atoms with E-state index in [0.717, 1.165) is 0 Å². The van der Waals surface area contributed by atoms with Gasteiger partial charge >= 0.3 is 0 Å². The van der Waals surface area contributed by atoms with Gasteiger partial charge < -0.3 is 5.32 Å². The van der Waals surface area contributed by atoms with Crippen LogP contribution in [0.3, 0.4) is 0 Å². The number of ketones is 1. The molecular formula is C15H12Cl2N2O3S. The standard InChI is InChI=1S/C15H12Cl2N2O3S/c16-13-6-1-10(9-14(13)17)15(20)7-8-19-11-2-4-12(5-3-11)23(18,21)22/h1-9,19H,(H2,18,21,22)/b8-7+. The van der Waals surface area contributed by atoms with Crippen molar-refractivity contribution in [3.63, 3.8) is 0 Å². The van der Waals surface area contributed by atoms with Crippen molar-refractivity contribution >= 4 is 44.7 Å². The number of sulfonamides is 1. The van der Waals surface area contributed by atoms with Crippen molar-refractivity contribution in [2.45, 2.75) is 4.90 Å². The molecule has 0 bridgehead atoms. The highest BCUT2D eigenvalue weighted by Gasteiger charge is 2.07. The van der Waals surface area contributed by atoms with Crippen LogP contribution in [0.1, 0.15) is 10.4 Å². The number of hydrogen-bond acceptors (Lipinski definition) is 4. The molecule has 8 heteroatoms. The number of hydrogen-bond donors (Lipinski definition) is 2. The smallest absolute Gasteiger partial charge is 0.238 e. The van der Waals surface area contributed by atoms with Crippen LogP contribution in [0.4, 0.5) is 5.69 Å². The molecule has 23 heavy (non-hydrogen) atoms. The summed E-state index contributed by atoms with van der Waals surface area (Å²) in [5.74, 6) is -0.253. The predicted molar refractivity (Wildman–Crippen MR) is 91.4 cm³/mol. The molecule has 0 saturated heterocycles. The molecule has 0 radical (unpaired) electrons. The first-order chi connectivity index (χ1) is 10.8. The number of carbonyl (C=O) groups is 1. The van der Waals surface area contributed by atoms with Crippen molar-refractivity contribution in [2.75, 3.05) is 5.32 Å². The first kappa shape index (κ1) is 17.5. The van der Waals surface area contributed by atoms with Crippen LogP contribution < -0.4 is 10.5 Å². The fraction of sp³-hybridized carbons (Fsp3) is 0. The molecule has 2 aromatic carbocycles. The van der Waals surface area contributed by atoms with E-state index in [0.29, 0.717) is 21.3 Å². The van der Waals surface area contributed by atoms with E-state index in [9.17, 15) is 13.2 Å². The topological polar surface area (TPSA) is 89.3 Å². The third-order valence-electron chi connectivity index (χ3n) is 2.87. The Bertz CT molecular complexity index is 863. The van der Waals surface area contributed by atoms with Crippen LogP contribution in [0.25, 0.3) is 0 Å². The lowest BCUT2D eigenvalue weighted by Gasteiger charge is -2.02. The van der Waals surface area contributed by atoms with Gasteiger partial charge in [-0.15, -0.1) is 0 Å². The van der Waals surface area contributed by atoms with Gasteiger partial charge in [0.2, 0.25) is 10.0 Å². The van der Waals surface area contributed by atoms with Crippen LogP contribution in [0, 0.1) is 0 Å². The van der Waals surface area contributed by atoms with E-state index in [1.807, 2.05) is 0 Å². The highest BCUT2D eigenvalue weighted by atomic mass is 35.5. The van der Waals surface area contributed by atoms with Gasteiger partial charge in [0.25, 0.3) is 0 Å². The van der Waals surface area contributed by atoms with Crippen molar-refractivity contribution in [3.05, 3.63) is 70.3 Å². The molecule has 3 N–H and O–H groups in total. The largest absolute Gasteiger partial charge is 0.362 e. The number of nitrogens with one attached hydrogen (secondary N) is 1. The molecule has 0 aromatic heterocycles. The molecule has 0 aliphatic carbocycles. The van der Waals surface area contributed by atoms with E-state index >= 15 is 0 Å². The molecular weight excluding hydrogens is 359 g/mol. The van der Waals surface area contributed by atoms with Crippen molar-refractivity contribution in [3.8, 4) is 0 Å². The minimum atomic E-state index is -3.72. The molecule has 0 aliphatic rings. The molecule has 0 aliphatic heterocycles. The van der Waals surface area contributed by atoms with Gasteiger partial charge in [-0.3, -0.25) is 4.79 Å². The molecule has 0 amide bonds. The lowest BCUT2D eigenvalue weighted by atomic mass is 10.1. The van der Waals surface area contributed by atoms with Gasteiger partial charge in [-0.1, -0.05) is 23.2 Å². The molecule has 0 fully saturated rings. The summed E-state index contributed by atoms with van der Waals surface area (Å²) in [5, 5.41) is 8.54. The molecule has 2 rings (SSSR count). The van der Waals surface area contributed by atoms with Crippen molar-refractivity contribution in [1.82, 2.24) is 0 Å². The highest BCUT2D eigenvalue weighted by molar-refractivity contribution is 7.89. The summed E-state index contributed by atoms with van der Waals surface area (Å²) < 4.78 is 22.3. The lowest BCUT2D eigenvalue weighted by Crippen LogP contribution is -2.11. The summed E-state index contributed by atoms with van der Waals surface area (Å²) in [4.78, 5) is 12.0. The van der Waals surface area contributed by atoms with E-state index < -0.39 is 10.0 Å². The molecule has 0 atom stereocenters. The second-order valence-corrected chi connectivity index (χ2v) is 6.92. The Kier molecular flexibility index (Phi) is 5.43. The third kappa shape index (κ3) is 4.80. The molecule has 5 nitrogen and oxygen atoms in total. The Labute approximate surface area is 143 Å². The summed E-state index contributed by atoms with van der Waals surface area (Å²) in [5.41, 5.74) is 1.01. The van der Waals surface area contributed by atoms with Crippen molar-refractivity contribution < 1.29 is 13.2 Å². The number of benzene rings is 2. The summed E-state index contributed by atoms with van der Waals surface area (Å²) >= 11 is 11.6. The van der Waals surface area contributed by atoms with Gasteiger partial charge in [-0.25, -0.2) is 13.6 Å². The second kappa shape index (κ2) is 7.14. The van der Waals surface area contributed by atoms with E-state index in [1.165, 1.54) is 42.6 Å². The number of nitrogens with two attached hydrogens (primary N) is 1. The Morgan fingerprint density at radius 2 is 1.70 bits per heavy atom. The van der Waals surface area contributed by atoms with Gasteiger partial charge in [-0.05, 0) is 42.5 Å². The van der Waals surface area contributed by atoms with Gasteiger partial charge in [0.05, 0.1) is 14.9 Å². The first-order valence-corrected chi connectivity index (χ1v) is 8.63. The van der Waals surface area contributed by atoms with Crippen LogP contribution in [0.15, 0.2) is 59.6 Å². The summed E-state index contributed by atoms with van der Waals surface area (Å²) in [6.45, 7) is 0. The quantitative estimate of drug-likeness (QED) is 0.622. The van der Waals surface area contributed by atoms with E-state index in [-0.39, 0.29) is 10.7 Å². The van der Waals surface area contributed by atoms with Crippen LogP contribution in [-0.2, 0) is 10.0 Å². The van der Waals surface area contributed by atoms with Gasteiger partial charge in [0, 0.05) is 23.5 Å². The Balaban J connectivity index is 2.03. The number of rotatable bonds is 5. The van der Waals surface area contributed by atoms with E-state index in [2.05, 4.69) is 5.32 Å². The second-order valence-electron chi connectivity index (χ2n) is 4.54. The zero-order valence-corrected chi connectivity index (χ0v) is 14.0. The Hall–Kier alpha value is -1.86. The molecule has 120 valence electrons. The number of carbonyl (C=O) groups excluding carboxylic acids is 1. The molecule has 0 unspecified atom stereocenters. The average molecular weight is 371 g/mol. The zero-order chi connectivity index (χ0) is 17.0. The molecule has 0 saturated carbocycles. The zero-order valence-electron chi connectivity index (χ0n) is 11.7. The van der Waals surface area contributed by atoms with E-state index in [4.69, 9.17) is 28.3 Å². The SMILES string of the molecule is NS(=O)(=O)c1ccc(N/C=C/C(=O)c2ccc(Cl)c(Cl)c2)cc1. The maximum Gasteiger partial charge on any atom is 0.238 e. The van der Waals surface area contributed by atoms with Gasteiger partial charge in [-0.2, -0.15) is 0 Å². The Morgan fingerprint density at radius 3 is 2.26 bits per heavy atom. The lowest BCUT2D eigenvalue weighted by molar-refractivity contribution is 0.104. The van der Waals surface area contributed by atoms with Crippen molar-refractivity contribution in [2.24, 2.45) is 5.14 Å². The number of anilines is 1. The third-order valence-corrected chi connectivity index (χ3v) is 4.54. The van der Waals surface area contributed by atoms with Crippen LogP contribution in [-0.4, -0.2) is 14.2 Å². The predicted octanol–water partition coefficient (Wildman–Crippen LogP) is 3.45. The summed E-state index contributed by atoms with van der Waals surface area (Å²) in [6.07, 6.45) is 2.77. The van der Waals surface area contributed by atoms with Gasteiger partial charge in [0.15, 0.2) is 5.78 Å². The summed E-state index contributed by atoms with van der Waals surface area (Å²) in [7, 11) is -3.72. The normalized spacial score (nSPS) is 11.6. The fourth-order valence-electron chi connectivity index (χ4n) is 1.70. The fourth-order valence-corrected chi connectivity index (χ4v) is 2.51. The number of primary sulfonamides is 1. The summed E-state index contributed by atoms with van der Waals surface area (Å²) in [6, 6.07) is 10.4. The number of halogens is 2. The van der Waals surface area contributed by atoms with Crippen LogP contribution in [0.2, 0.25) is 10.0 Å². The highest BCUT2D eigenvalue weighted by Crippen LogP contribution is 2.23. The average Bonchev–Trinajstić information content (AvgIpc) is 2.49. The van der Waals surface area contributed by atoms with E-state index in [1.54, 1.807) is 12.1 Å². The minimum Gasteiger partial charge on any atom is -0.362 e. The molecule has 2 aromatic rings. The number of allylic oxidation sites excluding steroid dienone is 1. The maximum atomic E-state index is 12.0. The molecule has 0 spiro atoms. The maximum absolute atomic E-state index is 12.0. The van der Waals surface area contributed by atoms with Crippen LogP contribution in [0.5, 0.6) is 0 Å². The van der Waals surface area contributed by atoms with Gasteiger partial charge in [0.1, 0.15) is 0 Å². The monoisotopic (exact) mass is 370 g/mol.